The molecule has 0 bridgehead atoms. The van der Waals surface area contributed by atoms with Crippen LogP contribution in [0.3, 0.4) is 0 Å². The van der Waals surface area contributed by atoms with Crippen LogP contribution in [0.25, 0.3) is 0 Å². The molecule has 1 fully saturated rings. The molecule has 3 N–H and O–H groups in total. The van der Waals surface area contributed by atoms with E-state index in [4.69, 9.17) is 11.6 Å². The molecule has 2 aromatic carbocycles. The number of benzene rings is 2. The van der Waals surface area contributed by atoms with Crippen molar-refractivity contribution in [2.24, 2.45) is 0 Å². The monoisotopic (exact) mass is 600 g/mol. The van der Waals surface area contributed by atoms with E-state index in [9.17, 15) is 27.6 Å². The van der Waals surface area contributed by atoms with Gasteiger partial charge in [-0.25, -0.2) is 13.1 Å². The van der Waals surface area contributed by atoms with Crippen molar-refractivity contribution in [2.75, 3.05) is 16.3 Å². The van der Waals surface area contributed by atoms with Crippen molar-refractivity contribution in [1.82, 2.24) is 30.4 Å². The lowest BCUT2D eigenvalue weighted by Crippen LogP contribution is -2.54. The van der Waals surface area contributed by atoms with Crippen LogP contribution in [0.4, 0.5) is 11.4 Å². The minimum Gasteiger partial charge on any atom is -0.371 e. The molecule has 1 aromatic heterocycles. The zero-order valence-corrected chi connectivity index (χ0v) is 23.7. The van der Waals surface area contributed by atoms with Crippen molar-refractivity contribution in [3.05, 3.63) is 63.9 Å². The zero-order chi connectivity index (χ0) is 29.6. The molecule has 2 aliphatic heterocycles. The number of rotatable bonds is 8. The van der Waals surface area contributed by atoms with Crippen LogP contribution in [0.5, 0.6) is 0 Å². The molecule has 0 spiro atoms. The molecule has 14 nitrogen and oxygen atoms in total. The fourth-order valence-electron chi connectivity index (χ4n) is 4.88. The Morgan fingerprint density at radius 2 is 1.85 bits per heavy atom. The van der Waals surface area contributed by atoms with Crippen LogP contribution in [0, 0.1) is 0 Å². The minimum atomic E-state index is -3.57. The quantitative estimate of drug-likeness (QED) is 0.322. The molecule has 0 saturated carbocycles. The van der Waals surface area contributed by atoms with Gasteiger partial charge < -0.3 is 5.32 Å². The summed E-state index contributed by atoms with van der Waals surface area (Å²) in [5.41, 5.74) is 1.14. The second-order valence-corrected chi connectivity index (χ2v) is 12.1. The normalized spacial score (nSPS) is 18.0. The van der Waals surface area contributed by atoms with Gasteiger partial charge in [-0.3, -0.25) is 34.1 Å². The van der Waals surface area contributed by atoms with Gasteiger partial charge in [0.1, 0.15) is 12.1 Å². The number of sulfonamides is 1. The number of amides is 4. The highest BCUT2D eigenvalue weighted by atomic mass is 35.5. The summed E-state index contributed by atoms with van der Waals surface area (Å²) in [4.78, 5) is 52.4. The summed E-state index contributed by atoms with van der Waals surface area (Å²) in [6.45, 7) is 3.74. The van der Waals surface area contributed by atoms with Crippen molar-refractivity contribution in [3.63, 3.8) is 0 Å². The largest absolute Gasteiger partial charge is 0.371 e. The van der Waals surface area contributed by atoms with Crippen LogP contribution >= 0.6 is 11.6 Å². The SMILES string of the molecule is CC(C)n1nnnc1C(Nc1ccc(NS(C)(=O)=O)c(Cl)c1)c1cccc2c1C(=O)N(C1CCC(=O)NC1=O)C2=O. The number of fused-ring (bicyclic) bond motifs is 1. The predicted molar refractivity (Wildman–Crippen MR) is 147 cm³/mol. The maximum absolute atomic E-state index is 13.8. The number of anilines is 2. The third-order valence-electron chi connectivity index (χ3n) is 6.65. The van der Waals surface area contributed by atoms with Gasteiger partial charge in [0.05, 0.1) is 34.1 Å². The molecule has 3 heterocycles. The summed E-state index contributed by atoms with van der Waals surface area (Å²) in [6.07, 6.45) is 1.02. The van der Waals surface area contributed by atoms with E-state index in [1.54, 1.807) is 22.9 Å². The first-order valence-corrected chi connectivity index (χ1v) is 14.8. The highest BCUT2D eigenvalue weighted by Gasteiger charge is 2.46. The summed E-state index contributed by atoms with van der Waals surface area (Å²) in [7, 11) is -3.57. The van der Waals surface area contributed by atoms with Gasteiger partial charge >= 0.3 is 0 Å². The Morgan fingerprint density at radius 1 is 1.10 bits per heavy atom. The smallest absolute Gasteiger partial charge is 0.262 e. The second-order valence-electron chi connectivity index (χ2n) is 9.94. The van der Waals surface area contributed by atoms with Gasteiger partial charge in [-0.15, -0.1) is 5.10 Å². The number of hydrogen-bond acceptors (Lipinski definition) is 10. The maximum Gasteiger partial charge on any atom is 0.262 e. The van der Waals surface area contributed by atoms with Crippen molar-refractivity contribution in [2.45, 2.75) is 44.8 Å². The molecule has 2 atom stereocenters. The lowest BCUT2D eigenvalue weighted by Gasteiger charge is -2.28. The van der Waals surface area contributed by atoms with E-state index in [0.717, 1.165) is 11.2 Å². The molecule has 2 unspecified atom stereocenters. The number of tetrazole rings is 1. The van der Waals surface area contributed by atoms with Crippen LogP contribution in [0.1, 0.15) is 70.9 Å². The van der Waals surface area contributed by atoms with E-state index in [-0.39, 0.29) is 40.7 Å². The Balaban J connectivity index is 1.59. The highest BCUT2D eigenvalue weighted by molar-refractivity contribution is 7.92. The zero-order valence-electron chi connectivity index (χ0n) is 22.1. The third-order valence-corrected chi connectivity index (χ3v) is 7.56. The number of nitrogens with zero attached hydrogens (tertiary/aromatic N) is 5. The molecule has 41 heavy (non-hydrogen) atoms. The standard InChI is InChI=1S/C25H25ClN8O6S/c1-12(2)34-22(29-31-32-34)21(27-13-7-8-17(16(26)11-13)30-41(3,39)40)14-5-4-6-15-20(14)25(38)33(24(15)37)18-9-10-19(35)28-23(18)36/h4-8,11-12,18,21,27,30H,9-10H2,1-3H3,(H,28,35,36). The number of imide groups is 2. The molecule has 2 aliphatic rings. The second kappa shape index (κ2) is 10.6. The highest BCUT2D eigenvalue weighted by Crippen LogP contribution is 2.37. The Labute approximate surface area is 239 Å². The molecule has 0 aliphatic carbocycles. The van der Waals surface area contributed by atoms with Crippen molar-refractivity contribution in [3.8, 4) is 0 Å². The summed E-state index contributed by atoms with van der Waals surface area (Å²) < 4.78 is 27.3. The number of piperidine rings is 1. The lowest BCUT2D eigenvalue weighted by atomic mass is 9.95. The molecule has 4 amide bonds. The Hall–Kier alpha value is -4.37. The van der Waals surface area contributed by atoms with Gasteiger partial charge in [0.25, 0.3) is 11.8 Å². The third kappa shape index (κ3) is 5.37. The first kappa shape index (κ1) is 28.2. The maximum atomic E-state index is 13.8. The van der Waals surface area contributed by atoms with Gasteiger partial charge in [0.15, 0.2) is 5.82 Å². The number of nitrogens with one attached hydrogen (secondary N) is 3. The summed E-state index contributed by atoms with van der Waals surface area (Å²) in [5.74, 6) is -2.19. The van der Waals surface area contributed by atoms with Crippen LogP contribution in [-0.4, -0.2) is 69.5 Å². The van der Waals surface area contributed by atoms with Crippen molar-refractivity contribution in [1.29, 1.82) is 0 Å². The molecule has 3 aromatic rings. The number of hydrogen-bond donors (Lipinski definition) is 3. The van der Waals surface area contributed by atoms with Gasteiger partial charge in [0, 0.05) is 12.1 Å². The van der Waals surface area contributed by atoms with Crippen LogP contribution in [0.15, 0.2) is 36.4 Å². The fraction of sp³-hybridized carbons (Fsp3) is 0.320. The predicted octanol–water partition coefficient (Wildman–Crippen LogP) is 1.88. The molecule has 0 radical (unpaired) electrons. The van der Waals surface area contributed by atoms with E-state index in [1.165, 1.54) is 18.2 Å². The van der Waals surface area contributed by atoms with Crippen LogP contribution in [-0.2, 0) is 19.6 Å². The summed E-state index contributed by atoms with van der Waals surface area (Å²) in [5, 5.41) is 17.6. The first-order chi connectivity index (χ1) is 19.4. The average Bonchev–Trinajstić information content (AvgIpc) is 3.47. The topological polar surface area (TPSA) is 185 Å². The Bertz CT molecular complexity index is 1710. The number of aromatic nitrogens is 4. The van der Waals surface area contributed by atoms with Gasteiger partial charge in [-0.2, -0.15) is 0 Å². The minimum absolute atomic E-state index is 0.00500. The molecule has 16 heteroatoms. The molecular formula is C25H25ClN8O6S. The van der Waals surface area contributed by atoms with Crippen molar-refractivity contribution < 1.29 is 27.6 Å². The summed E-state index contributed by atoms with van der Waals surface area (Å²) in [6, 6.07) is 7.12. The van der Waals surface area contributed by atoms with Crippen molar-refractivity contribution >= 4 is 56.6 Å². The first-order valence-electron chi connectivity index (χ1n) is 12.5. The number of carbonyl (C=O) groups is 4. The van der Waals surface area contributed by atoms with E-state index >= 15 is 0 Å². The van der Waals surface area contributed by atoms with E-state index in [0.29, 0.717) is 17.1 Å². The molecule has 214 valence electrons. The van der Waals surface area contributed by atoms with Gasteiger partial charge in [0.2, 0.25) is 21.8 Å². The lowest BCUT2D eigenvalue weighted by molar-refractivity contribution is -0.136. The van der Waals surface area contributed by atoms with E-state index in [1.807, 2.05) is 13.8 Å². The summed E-state index contributed by atoms with van der Waals surface area (Å²) >= 11 is 6.36. The average molecular weight is 601 g/mol. The van der Waals surface area contributed by atoms with Crippen LogP contribution in [0.2, 0.25) is 5.02 Å². The molecular weight excluding hydrogens is 576 g/mol. The number of halogens is 1. The van der Waals surface area contributed by atoms with Gasteiger partial charge in [-0.05, 0) is 60.5 Å². The number of carbonyl (C=O) groups excluding carboxylic acids is 4. The van der Waals surface area contributed by atoms with E-state index < -0.39 is 45.7 Å². The fourth-order valence-corrected chi connectivity index (χ4v) is 5.74. The Kier molecular flexibility index (Phi) is 7.25. The Morgan fingerprint density at radius 3 is 2.51 bits per heavy atom. The van der Waals surface area contributed by atoms with Gasteiger partial charge in [-0.1, -0.05) is 23.7 Å². The van der Waals surface area contributed by atoms with Crippen LogP contribution < -0.4 is 15.4 Å². The molecule has 1 saturated heterocycles. The van der Waals surface area contributed by atoms with E-state index in [2.05, 4.69) is 30.9 Å². The molecule has 5 rings (SSSR count).